The van der Waals surface area contributed by atoms with Gasteiger partial charge in [0.2, 0.25) is 5.91 Å². The lowest BCUT2D eigenvalue weighted by molar-refractivity contribution is -0.122. The Bertz CT molecular complexity index is 345. The van der Waals surface area contributed by atoms with E-state index < -0.39 is 0 Å². The lowest BCUT2D eigenvalue weighted by atomic mass is 10.1. The number of rotatable bonds is 2. The second-order valence-corrected chi connectivity index (χ2v) is 3.87. The van der Waals surface area contributed by atoms with E-state index in [9.17, 15) is 4.79 Å². The van der Waals surface area contributed by atoms with Gasteiger partial charge < -0.3 is 0 Å². The van der Waals surface area contributed by atoms with E-state index >= 15 is 0 Å². The third-order valence-electron chi connectivity index (χ3n) is 2.77. The Balaban J connectivity index is 2.06. The number of nitrogens with two attached hydrogens (primary N) is 1. The van der Waals surface area contributed by atoms with Gasteiger partial charge in [-0.3, -0.25) is 10.2 Å². The van der Waals surface area contributed by atoms with Crippen molar-refractivity contribution in [1.82, 2.24) is 5.43 Å². The van der Waals surface area contributed by atoms with E-state index in [2.05, 4.69) is 36.6 Å². The summed E-state index contributed by atoms with van der Waals surface area (Å²) in [6.45, 7) is 2.06. The van der Waals surface area contributed by atoms with E-state index in [-0.39, 0.29) is 11.8 Å². The first kappa shape index (κ1) is 9.21. The van der Waals surface area contributed by atoms with Crippen molar-refractivity contribution in [2.24, 2.45) is 11.8 Å². The van der Waals surface area contributed by atoms with Gasteiger partial charge in [0.15, 0.2) is 0 Å². The van der Waals surface area contributed by atoms with Gasteiger partial charge in [-0.2, -0.15) is 0 Å². The molecule has 0 spiro atoms. The third kappa shape index (κ3) is 1.63. The lowest BCUT2D eigenvalue weighted by Gasteiger charge is -2.00. The highest BCUT2D eigenvalue weighted by Gasteiger charge is 2.43. The zero-order valence-corrected chi connectivity index (χ0v) is 8.16. The molecule has 2 atom stereocenters. The van der Waals surface area contributed by atoms with E-state index in [1.54, 1.807) is 0 Å². The minimum Gasteiger partial charge on any atom is -0.294 e. The Morgan fingerprint density at radius 2 is 2.07 bits per heavy atom. The summed E-state index contributed by atoms with van der Waals surface area (Å²) in [5.41, 5.74) is 4.68. The van der Waals surface area contributed by atoms with Crippen molar-refractivity contribution < 1.29 is 4.79 Å². The number of hydrazine groups is 1. The summed E-state index contributed by atoms with van der Waals surface area (Å²) < 4.78 is 0. The van der Waals surface area contributed by atoms with Crippen LogP contribution in [0.4, 0.5) is 0 Å². The molecule has 1 amide bonds. The predicted octanol–water partition coefficient (Wildman–Crippen LogP) is 1.09. The molecule has 0 unspecified atom stereocenters. The number of hydrogen-bond donors (Lipinski definition) is 2. The van der Waals surface area contributed by atoms with E-state index in [4.69, 9.17) is 5.84 Å². The van der Waals surface area contributed by atoms with Gasteiger partial charge in [0.05, 0.1) is 0 Å². The Kier molecular flexibility index (Phi) is 2.25. The second-order valence-electron chi connectivity index (χ2n) is 3.87. The van der Waals surface area contributed by atoms with Crippen molar-refractivity contribution >= 4 is 5.91 Å². The van der Waals surface area contributed by atoms with Crippen LogP contribution in [-0.2, 0) is 4.79 Å². The summed E-state index contributed by atoms with van der Waals surface area (Å²) in [7, 11) is 0. The number of benzene rings is 1. The monoisotopic (exact) mass is 190 g/mol. The van der Waals surface area contributed by atoms with Gasteiger partial charge in [-0.1, -0.05) is 29.8 Å². The molecule has 0 aliphatic heterocycles. The maximum absolute atomic E-state index is 11.2. The number of carbonyl (C=O) groups is 1. The number of nitrogens with one attached hydrogen (secondary N) is 1. The largest absolute Gasteiger partial charge is 0.294 e. The molecule has 3 N–H and O–H groups in total. The fourth-order valence-electron chi connectivity index (χ4n) is 1.77. The first-order valence-electron chi connectivity index (χ1n) is 4.79. The molecule has 1 aliphatic rings. The number of aryl methyl sites for hydroxylation is 1. The van der Waals surface area contributed by atoms with Crippen LogP contribution in [0.25, 0.3) is 0 Å². The summed E-state index contributed by atoms with van der Waals surface area (Å²) in [5, 5.41) is 0. The topological polar surface area (TPSA) is 55.1 Å². The summed E-state index contributed by atoms with van der Waals surface area (Å²) in [4.78, 5) is 11.2. The molecular weight excluding hydrogens is 176 g/mol. The molecule has 0 saturated heterocycles. The summed E-state index contributed by atoms with van der Waals surface area (Å²) in [5.74, 6) is 5.49. The SMILES string of the molecule is Cc1ccc([C@@H]2C[C@H]2C(=O)NN)cc1. The van der Waals surface area contributed by atoms with Crippen molar-refractivity contribution in [2.75, 3.05) is 0 Å². The van der Waals surface area contributed by atoms with Crippen LogP contribution in [0.1, 0.15) is 23.5 Å². The summed E-state index contributed by atoms with van der Waals surface area (Å²) in [6.07, 6.45) is 0.923. The molecule has 0 bridgehead atoms. The minimum absolute atomic E-state index is 0.0458. The van der Waals surface area contributed by atoms with Crippen molar-refractivity contribution in [1.29, 1.82) is 0 Å². The van der Waals surface area contributed by atoms with Gasteiger partial charge in [-0.05, 0) is 24.8 Å². The van der Waals surface area contributed by atoms with Crippen LogP contribution < -0.4 is 11.3 Å². The Labute approximate surface area is 83.3 Å². The number of amides is 1. The van der Waals surface area contributed by atoms with Crippen molar-refractivity contribution in [3.63, 3.8) is 0 Å². The van der Waals surface area contributed by atoms with E-state index in [1.807, 2.05) is 0 Å². The van der Waals surface area contributed by atoms with Crippen LogP contribution in [0.3, 0.4) is 0 Å². The van der Waals surface area contributed by atoms with Gasteiger partial charge in [0, 0.05) is 5.92 Å². The van der Waals surface area contributed by atoms with Gasteiger partial charge in [-0.15, -0.1) is 0 Å². The van der Waals surface area contributed by atoms with Crippen molar-refractivity contribution in [2.45, 2.75) is 19.3 Å². The summed E-state index contributed by atoms with van der Waals surface area (Å²) in [6, 6.07) is 8.32. The van der Waals surface area contributed by atoms with Crippen LogP contribution in [0.5, 0.6) is 0 Å². The molecule has 14 heavy (non-hydrogen) atoms. The van der Waals surface area contributed by atoms with Gasteiger partial charge in [-0.25, -0.2) is 5.84 Å². The van der Waals surface area contributed by atoms with Crippen LogP contribution in [0.15, 0.2) is 24.3 Å². The molecule has 74 valence electrons. The van der Waals surface area contributed by atoms with E-state index in [1.165, 1.54) is 11.1 Å². The smallest absolute Gasteiger partial charge is 0.237 e. The highest BCUT2D eigenvalue weighted by atomic mass is 16.2. The zero-order chi connectivity index (χ0) is 10.1. The lowest BCUT2D eigenvalue weighted by Crippen LogP contribution is -2.31. The fourth-order valence-corrected chi connectivity index (χ4v) is 1.77. The molecule has 0 heterocycles. The fraction of sp³-hybridized carbons (Fsp3) is 0.364. The van der Waals surface area contributed by atoms with Crippen LogP contribution >= 0.6 is 0 Å². The molecule has 1 aromatic rings. The second kappa shape index (κ2) is 3.42. The van der Waals surface area contributed by atoms with E-state index in [0.717, 1.165) is 6.42 Å². The Morgan fingerprint density at radius 3 is 2.64 bits per heavy atom. The molecule has 0 radical (unpaired) electrons. The maximum Gasteiger partial charge on any atom is 0.237 e. The average Bonchev–Trinajstić information content (AvgIpc) is 2.98. The van der Waals surface area contributed by atoms with Gasteiger partial charge >= 0.3 is 0 Å². The van der Waals surface area contributed by atoms with Crippen LogP contribution in [-0.4, -0.2) is 5.91 Å². The van der Waals surface area contributed by atoms with Gasteiger partial charge in [0.1, 0.15) is 0 Å². The van der Waals surface area contributed by atoms with Gasteiger partial charge in [0.25, 0.3) is 0 Å². The minimum atomic E-state index is -0.0458. The highest BCUT2D eigenvalue weighted by molar-refractivity contribution is 5.82. The molecule has 3 nitrogen and oxygen atoms in total. The summed E-state index contributed by atoms with van der Waals surface area (Å²) >= 11 is 0. The molecule has 1 aliphatic carbocycles. The van der Waals surface area contributed by atoms with Crippen LogP contribution in [0, 0.1) is 12.8 Å². The van der Waals surface area contributed by atoms with Crippen molar-refractivity contribution in [3.05, 3.63) is 35.4 Å². The molecule has 2 rings (SSSR count). The molecule has 3 heteroatoms. The van der Waals surface area contributed by atoms with Crippen LogP contribution in [0.2, 0.25) is 0 Å². The molecular formula is C11H14N2O. The normalized spacial score (nSPS) is 24.4. The Hall–Kier alpha value is -1.35. The van der Waals surface area contributed by atoms with E-state index in [0.29, 0.717) is 5.92 Å². The number of hydrogen-bond acceptors (Lipinski definition) is 2. The quantitative estimate of drug-likeness (QED) is 0.416. The van der Waals surface area contributed by atoms with Crippen molar-refractivity contribution in [3.8, 4) is 0 Å². The predicted molar refractivity (Wildman–Crippen MR) is 54.4 cm³/mol. The zero-order valence-electron chi connectivity index (χ0n) is 8.16. The highest BCUT2D eigenvalue weighted by Crippen LogP contribution is 2.47. The Morgan fingerprint density at radius 1 is 1.43 bits per heavy atom. The third-order valence-corrected chi connectivity index (χ3v) is 2.77. The maximum atomic E-state index is 11.2. The molecule has 1 aromatic carbocycles. The molecule has 1 fully saturated rings. The standard InChI is InChI=1S/C11H14N2O/c1-7-2-4-8(5-3-7)9-6-10(9)11(14)13-12/h2-5,9-10H,6,12H2,1H3,(H,13,14)/t9-,10+/m0/s1. The number of carbonyl (C=O) groups excluding carboxylic acids is 1. The average molecular weight is 190 g/mol. The molecule has 0 aromatic heterocycles. The first-order chi connectivity index (χ1) is 6.72. The molecule has 1 saturated carbocycles. The first-order valence-corrected chi connectivity index (χ1v) is 4.79.